The number of ether oxygens (including phenoxy) is 2. The second-order valence-electron chi connectivity index (χ2n) is 6.16. The molecule has 128 valence electrons. The first-order chi connectivity index (χ1) is 11.4. The van der Waals surface area contributed by atoms with Crippen LogP contribution in [-0.2, 0) is 4.74 Å². The Morgan fingerprint density at radius 1 is 1.12 bits per heavy atom. The molecule has 0 saturated carbocycles. The average Bonchev–Trinajstić information content (AvgIpc) is 2.60. The summed E-state index contributed by atoms with van der Waals surface area (Å²) in [6, 6.07) is 11.7. The number of aromatic nitrogens is 1. The Morgan fingerprint density at radius 2 is 1.79 bits per heavy atom. The molecule has 1 aromatic carbocycles. The van der Waals surface area contributed by atoms with Crippen LogP contribution in [0.3, 0.4) is 0 Å². The van der Waals surface area contributed by atoms with Gasteiger partial charge >= 0.3 is 5.97 Å². The third-order valence-electron chi connectivity index (χ3n) is 3.97. The van der Waals surface area contributed by atoms with Crippen molar-refractivity contribution < 1.29 is 14.3 Å². The zero-order valence-corrected chi connectivity index (χ0v) is 15.0. The van der Waals surface area contributed by atoms with Crippen molar-refractivity contribution in [3.05, 3.63) is 47.7 Å². The topological polar surface area (TPSA) is 48.4 Å². The van der Waals surface area contributed by atoms with Gasteiger partial charge in [-0.05, 0) is 31.7 Å². The molecule has 4 nitrogen and oxygen atoms in total. The number of hydrogen-bond donors (Lipinski definition) is 0. The summed E-state index contributed by atoms with van der Waals surface area (Å²) in [4.78, 5) is 16.6. The molecule has 1 unspecified atom stereocenters. The predicted octanol–water partition coefficient (Wildman–Crippen LogP) is 4.84. The highest BCUT2D eigenvalue weighted by molar-refractivity contribution is 5.88. The van der Waals surface area contributed by atoms with Gasteiger partial charge in [0.25, 0.3) is 0 Å². The molecular formula is C20H25NO3. The fourth-order valence-corrected chi connectivity index (χ4v) is 2.37. The van der Waals surface area contributed by atoms with Gasteiger partial charge in [0.2, 0.25) is 0 Å². The number of rotatable bonds is 6. The number of methoxy groups -OCH3 is 1. The zero-order chi connectivity index (χ0) is 17.7. The Hall–Kier alpha value is -2.36. The lowest BCUT2D eigenvalue weighted by atomic mass is 9.97. The van der Waals surface area contributed by atoms with Crippen LogP contribution >= 0.6 is 0 Å². The minimum atomic E-state index is -0.443. The van der Waals surface area contributed by atoms with E-state index in [1.807, 2.05) is 32.0 Å². The van der Waals surface area contributed by atoms with Gasteiger partial charge in [0.05, 0.1) is 18.9 Å². The van der Waals surface area contributed by atoms with Crippen LogP contribution in [0.2, 0.25) is 0 Å². The van der Waals surface area contributed by atoms with Gasteiger partial charge in [-0.2, -0.15) is 0 Å². The highest BCUT2D eigenvalue weighted by atomic mass is 16.5. The highest BCUT2D eigenvalue weighted by Crippen LogP contribution is 2.26. The molecule has 0 N–H and O–H groups in total. The van der Waals surface area contributed by atoms with Crippen LogP contribution in [0.25, 0.3) is 11.3 Å². The van der Waals surface area contributed by atoms with Crippen molar-refractivity contribution in [3.8, 4) is 17.0 Å². The number of carbonyl (C=O) groups excluding carboxylic acids is 1. The van der Waals surface area contributed by atoms with E-state index < -0.39 is 5.97 Å². The molecule has 0 fully saturated rings. The average molecular weight is 327 g/mol. The Bertz CT molecular complexity index is 693. The summed E-state index contributed by atoms with van der Waals surface area (Å²) in [5.41, 5.74) is 3.19. The van der Waals surface area contributed by atoms with Gasteiger partial charge in [-0.15, -0.1) is 0 Å². The van der Waals surface area contributed by atoms with Crippen LogP contribution in [0.4, 0.5) is 0 Å². The van der Waals surface area contributed by atoms with Crippen molar-refractivity contribution in [3.63, 3.8) is 0 Å². The first-order valence-corrected chi connectivity index (χ1v) is 8.32. The first kappa shape index (κ1) is 18.0. The number of carbonyl (C=O) groups is 1. The SMILES string of the molecule is CCC(C)c1ccc(-c2cc(OC)cc(C(=O)OC(C)C)n2)cc1. The molecule has 24 heavy (non-hydrogen) atoms. The van der Waals surface area contributed by atoms with Gasteiger partial charge in [-0.3, -0.25) is 0 Å². The van der Waals surface area contributed by atoms with Gasteiger partial charge in [0, 0.05) is 17.7 Å². The number of nitrogens with zero attached hydrogens (tertiary/aromatic N) is 1. The molecule has 0 aliphatic rings. The molecule has 0 amide bonds. The fraction of sp³-hybridized carbons (Fsp3) is 0.400. The maximum atomic E-state index is 12.1. The molecular weight excluding hydrogens is 302 g/mol. The standard InChI is InChI=1S/C20H25NO3/c1-6-14(4)15-7-9-16(10-8-15)18-11-17(23-5)12-19(21-18)20(22)24-13(2)3/h7-14H,6H2,1-5H3. The summed E-state index contributed by atoms with van der Waals surface area (Å²) in [6.45, 7) is 8.01. The lowest BCUT2D eigenvalue weighted by Gasteiger charge is -2.12. The van der Waals surface area contributed by atoms with E-state index in [2.05, 4.69) is 31.0 Å². The summed E-state index contributed by atoms with van der Waals surface area (Å²) in [7, 11) is 1.57. The van der Waals surface area contributed by atoms with Crippen LogP contribution in [0.15, 0.2) is 36.4 Å². The molecule has 0 saturated heterocycles. The molecule has 2 aromatic rings. The fourth-order valence-electron chi connectivity index (χ4n) is 2.37. The van der Waals surface area contributed by atoms with Crippen LogP contribution in [0.5, 0.6) is 5.75 Å². The molecule has 0 aliphatic heterocycles. The van der Waals surface area contributed by atoms with Gasteiger partial charge < -0.3 is 9.47 Å². The third kappa shape index (κ3) is 4.34. The molecule has 4 heteroatoms. The molecule has 0 radical (unpaired) electrons. The van der Waals surface area contributed by atoms with Crippen LogP contribution < -0.4 is 4.74 Å². The van der Waals surface area contributed by atoms with Gasteiger partial charge in [-0.25, -0.2) is 9.78 Å². The molecule has 0 aliphatic carbocycles. The molecule has 1 aromatic heterocycles. The largest absolute Gasteiger partial charge is 0.497 e. The highest BCUT2D eigenvalue weighted by Gasteiger charge is 2.15. The van der Waals surface area contributed by atoms with E-state index in [0.717, 1.165) is 12.0 Å². The number of esters is 1. The van der Waals surface area contributed by atoms with Crippen LogP contribution in [0, 0.1) is 0 Å². The summed E-state index contributed by atoms with van der Waals surface area (Å²) in [6.07, 6.45) is 0.908. The van der Waals surface area contributed by atoms with Gasteiger partial charge in [0.15, 0.2) is 5.69 Å². The molecule has 0 spiro atoms. The number of benzene rings is 1. The van der Waals surface area contributed by atoms with Crippen molar-refractivity contribution in [2.75, 3.05) is 7.11 Å². The van der Waals surface area contributed by atoms with E-state index in [4.69, 9.17) is 9.47 Å². The van der Waals surface area contributed by atoms with E-state index in [9.17, 15) is 4.79 Å². The monoisotopic (exact) mass is 327 g/mol. The minimum Gasteiger partial charge on any atom is -0.497 e. The van der Waals surface area contributed by atoms with Crippen molar-refractivity contribution in [2.45, 2.75) is 46.1 Å². The van der Waals surface area contributed by atoms with Crippen molar-refractivity contribution in [2.24, 2.45) is 0 Å². The number of hydrogen-bond acceptors (Lipinski definition) is 4. The first-order valence-electron chi connectivity index (χ1n) is 8.32. The van der Waals surface area contributed by atoms with E-state index >= 15 is 0 Å². The zero-order valence-electron chi connectivity index (χ0n) is 15.0. The Morgan fingerprint density at radius 3 is 2.33 bits per heavy atom. The minimum absolute atomic E-state index is 0.191. The van der Waals surface area contributed by atoms with Crippen molar-refractivity contribution in [1.82, 2.24) is 4.98 Å². The smallest absolute Gasteiger partial charge is 0.357 e. The van der Waals surface area contributed by atoms with Crippen molar-refractivity contribution in [1.29, 1.82) is 0 Å². The van der Waals surface area contributed by atoms with E-state index in [-0.39, 0.29) is 11.8 Å². The second kappa shape index (κ2) is 7.95. The second-order valence-corrected chi connectivity index (χ2v) is 6.16. The molecule has 1 atom stereocenters. The molecule has 1 heterocycles. The summed E-state index contributed by atoms with van der Waals surface area (Å²) >= 11 is 0. The van der Waals surface area contributed by atoms with Crippen LogP contribution in [-0.4, -0.2) is 24.2 Å². The lowest BCUT2D eigenvalue weighted by molar-refractivity contribution is 0.0370. The Balaban J connectivity index is 2.37. The van der Waals surface area contributed by atoms with Crippen molar-refractivity contribution >= 4 is 5.97 Å². The van der Waals surface area contributed by atoms with Gasteiger partial charge in [0.1, 0.15) is 5.75 Å². The summed E-state index contributed by atoms with van der Waals surface area (Å²) in [5, 5.41) is 0. The lowest BCUT2D eigenvalue weighted by Crippen LogP contribution is -2.13. The summed E-state index contributed by atoms with van der Waals surface area (Å²) < 4.78 is 10.5. The maximum absolute atomic E-state index is 12.1. The summed E-state index contributed by atoms with van der Waals surface area (Å²) in [5.74, 6) is 0.664. The quantitative estimate of drug-likeness (QED) is 0.713. The molecule has 2 rings (SSSR count). The van der Waals surface area contributed by atoms with E-state index in [1.54, 1.807) is 13.2 Å². The Labute approximate surface area is 143 Å². The predicted molar refractivity (Wildman–Crippen MR) is 95.5 cm³/mol. The van der Waals surface area contributed by atoms with Crippen LogP contribution in [0.1, 0.15) is 56.1 Å². The van der Waals surface area contributed by atoms with Gasteiger partial charge in [-0.1, -0.05) is 38.1 Å². The molecule has 0 bridgehead atoms. The Kier molecular flexibility index (Phi) is 5.96. The van der Waals surface area contributed by atoms with E-state index in [0.29, 0.717) is 17.4 Å². The third-order valence-corrected chi connectivity index (χ3v) is 3.97. The van der Waals surface area contributed by atoms with E-state index in [1.165, 1.54) is 5.56 Å². The number of pyridine rings is 1. The maximum Gasteiger partial charge on any atom is 0.357 e. The normalized spacial score (nSPS) is 12.1.